The highest BCUT2D eigenvalue weighted by molar-refractivity contribution is 6.32. The van der Waals surface area contributed by atoms with Crippen LogP contribution in [0.4, 0.5) is 22.0 Å². The summed E-state index contributed by atoms with van der Waals surface area (Å²) >= 11 is 5.20. The Bertz CT molecular complexity index is 460. The number of pyridine rings is 1. The minimum Gasteiger partial charge on any atom is -0.478 e. The van der Waals surface area contributed by atoms with Crippen molar-refractivity contribution in [3.63, 3.8) is 0 Å². The summed E-state index contributed by atoms with van der Waals surface area (Å²) in [6.45, 7) is 0. The number of carbonyl (C=O) groups is 1. The number of rotatable bonds is 2. The first-order chi connectivity index (χ1) is 7.64. The van der Waals surface area contributed by atoms with Crippen LogP contribution >= 0.6 is 11.6 Å². The molecule has 0 amide bonds. The fourth-order valence-corrected chi connectivity index (χ4v) is 1.27. The molecule has 0 aliphatic rings. The van der Waals surface area contributed by atoms with Crippen LogP contribution in [0.1, 0.15) is 28.0 Å². The molecule has 1 aromatic rings. The van der Waals surface area contributed by atoms with Crippen LogP contribution in [0.2, 0.25) is 5.15 Å². The lowest BCUT2D eigenvalue weighted by Gasteiger charge is -2.12. The normalized spacial score (nSPS) is 11.9. The molecular formula is C8H3ClF5NO2. The van der Waals surface area contributed by atoms with Gasteiger partial charge in [0.2, 0.25) is 0 Å². The number of halogens is 6. The van der Waals surface area contributed by atoms with Gasteiger partial charge in [0.25, 0.3) is 6.43 Å². The second kappa shape index (κ2) is 4.44. The van der Waals surface area contributed by atoms with Gasteiger partial charge in [0.1, 0.15) is 10.8 Å². The molecule has 0 spiro atoms. The fraction of sp³-hybridized carbons (Fsp3) is 0.250. The molecule has 3 nitrogen and oxygen atoms in total. The zero-order chi connectivity index (χ0) is 13.4. The van der Waals surface area contributed by atoms with Gasteiger partial charge in [-0.15, -0.1) is 0 Å². The lowest BCUT2D eigenvalue weighted by atomic mass is 10.1. The highest BCUT2D eigenvalue weighted by atomic mass is 35.5. The Morgan fingerprint density at radius 3 is 2.29 bits per heavy atom. The van der Waals surface area contributed by atoms with Crippen LogP contribution in [0.15, 0.2) is 6.07 Å². The van der Waals surface area contributed by atoms with E-state index in [1.807, 2.05) is 0 Å². The van der Waals surface area contributed by atoms with Gasteiger partial charge < -0.3 is 5.11 Å². The third-order valence-corrected chi connectivity index (χ3v) is 2.04. The molecule has 1 N–H and O–H groups in total. The maximum atomic E-state index is 12.4. The summed E-state index contributed by atoms with van der Waals surface area (Å²) in [5.41, 5.74) is -4.38. The van der Waals surface area contributed by atoms with E-state index in [0.717, 1.165) is 0 Å². The van der Waals surface area contributed by atoms with Crippen LogP contribution in [0, 0.1) is 0 Å². The van der Waals surface area contributed by atoms with Crippen molar-refractivity contribution >= 4 is 17.6 Å². The molecular weight excluding hydrogens is 273 g/mol. The Balaban J connectivity index is 3.54. The molecule has 94 valence electrons. The minimum atomic E-state index is -5.13. The number of alkyl halides is 5. The Hall–Kier alpha value is -1.44. The highest BCUT2D eigenvalue weighted by Crippen LogP contribution is 2.37. The molecule has 0 aliphatic carbocycles. The third kappa shape index (κ3) is 2.82. The van der Waals surface area contributed by atoms with Crippen molar-refractivity contribution in [1.29, 1.82) is 0 Å². The maximum absolute atomic E-state index is 12.4. The van der Waals surface area contributed by atoms with Gasteiger partial charge in [-0.25, -0.2) is 18.6 Å². The van der Waals surface area contributed by atoms with Crippen molar-refractivity contribution in [3.05, 3.63) is 28.0 Å². The lowest BCUT2D eigenvalue weighted by molar-refractivity contribution is -0.139. The quantitative estimate of drug-likeness (QED) is 0.665. The largest absolute Gasteiger partial charge is 0.478 e. The van der Waals surface area contributed by atoms with E-state index in [1.54, 1.807) is 0 Å². The third-order valence-electron chi connectivity index (χ3n) is 1.75. The number of hydrogen-bond donors (Lipinski definition) is 1. The van der Waals surface area contributed by atoms with E-state index < -0.39 is 40.5 Å². The smallest absolute Gasteiger partial charge is 0.418 e. The second-order valence-electron chi connectivity index (χ2n) is 2.86. The van der Waals surface area contributed by atoms with Gasteiger partial charge in [-0.05, 0) is 6.07 Å². The van der Waals surface area contributed by atoms with Crippen LogP contribution < -0.4 is 0 Å². The summed E-state index contributed by atoms with van der Waals surface area (Å²) < 4.78 is 61.7. The molecule has 9 heteroatoms. The van der Waals surface area contributed by atoms with Gasteiger partial charge in [0.15, 0.2) is 0 Å². The molecule has 0 radical (unpaired) electrons. The van der Waals surface area contributed by atoms with Crippen molar-refractivity contribution in [2.24, 2.45) is 0 Å². The molecule has 0 unspecified atom stereocenters. The fourth-order valence-electron chi connectivity index (χ4n) is 1.05. The Morgan fingerprint density at radius 1 is 1.41 bits per heavy atom. The van der Waals surface area contributed by atoms with E-state index >= 15 is 0 Å². The van der Waals surface area contributed by atoms with Crippen LogP contribution in [0.25, 0.3) is 0 Å². The van der Waals surface area contributed by atoms with Gasteiger partial charge in [0, 0.05) is 0 Å². The van der Waals surface area contributed by atoms with Crippen LogP contribution in [0.5, 0.6) is 0 Å². The molecule has 1 rings (SSSR count). The van der Waals surface area contributed by atoms with Crippen molar-refractivity contribution in [3.8, 4) is 0 Å². The summed E-state index contributed by atoms with van der Waals surface area (Å²) in [6, 6.07) is 0.0408. The number of hydrogen-bond acceptors (Lipinski definition) is 2. The summed E-state index contributed by atoms with van der Waals surface area (Å²) in [5.74, 6) is -1.78. The molecule has 0 saturated carbocycles. The Kier molecular flexibility index (Phi) is 3.56. The van der Waals surface area contributed by atoms with Gasteiger partial charge in [0.05, 0.1) is 11.1 Å². The second-order valence-corrected chi connectivity index (χ2v) is 3.22. The minimum absolute atomic E-state index is 0.0408. The van der Waals surface area contributed by atoms with Crippen LogP contribution in [-0.4, -0.2) is 16.1 Å². The molecule has 0 atom stereocenters. The number of aromatic nitrogens is 1. The predicted molar refractivity (Wildman–Crippen MR) is 46.2 cm³/mol. The Morgan fingerprint density at radius 2 is 1.94 bits per heavy atom. The molecule has 0 fully saturated rings. The zero-order valence-corrected chi connectivity index (χ0v) is 8.48. The van der Waals surface area contributed by atoms with Crippen molar-refractivity contribution in [1.82, 2.24) is 4.98 Å². The van der Waals surface area contributed by atoms with Gasteiger partial charge in [-0.1, -0.05) is 11.6 Å². The molecule has 1 heterocycles. The van der Waals surface area contributed by atoms with Gasteiger partial charge >= 0.3 is 12.1 Å². The standard InChI is InChI=1S/C8H3ClF5NO2/c9-5-2(7(16)17)1-3(8(12,13)14)4(15-5)6(10)11/h1,6H,(H,16,17). The monoisotopic (exact) mass is 275 g/mol. The Labute approximate surface area is 95.8 Å². The number of nitrogens with zero attached hydrogens (tertiary/aromatic N) is 1. The van der Waals surface area contributed by atoms with Crippen LogP contribution in [0.3, 0.4) is 0 Å². The highest BCUT2D eigenvalue weighted by Gasteiger charge is 2.38. The summed E-state index contributed by atoms with van der Waals surface area (Å²) in [4.78, 5) is 13.3. The summed E-state index contributed by atoms with van der Waals surface area (Å²) in [5, 5.41) is 7.59. The van der Waals surface area contributed by atoms with E-state index in [4.69, 9.17) is 16.7 Å². The molecule has 1 aromatic heterocycles. The van der Waals surface area contributed by atoms with Crippen LogP contribution in [-0.2, 0) is 6.18 Å². The molecule has 17 heavy (non-hydrogen) atoms. The number of aromatic carboxylic acids is 1. The van der Waals surface area contributed by atoms with Gasteiger partial charge in [-0.2, -0.15) is 13.2 Å². The van der Waals surface area contributed by atoms with Crippen molar-refractivity contribution in [2.75, 3.05) is 0 Å². The summed E-state index contributed by atoms with van der Waals surface area (Å²) in [6.07, 6.45) is -8.64. The average Bonchev–Trinajstić information content (AvgIpc) is 2.14. The van der Waals surface area contributed by atoms with E-state index in [9.17, 15) is 26.7 Å². The first kappa shape index (κ1) is 13.6. The van der Waals surface area contributed by atoms with Crippen molar-refractivity contribution < 1.29 is 31.9 Å². The van der Waals surface area contributed by atoms with Crippen molar-refractivity contribution in [2.45, 2.75) is 12.6 Å². The molecule has 0 saturated heterocycles. The molecule has 0 aliphatic heterocycles. The zero-order valence-electron chi connectivity index (χ0n) is 7.73. The molecule has 0 aromatic carbocycles. The number of carboxylic acids is 1. The maximum Gasteiger partial charge on any atom is 0.418 e. The number of carboxylic acid groups (broad SMARTS) is 1. The summed E-state index contributed by atoms with van der Waals surface area (Å²) in [7, 11) is 0. The first-order valence-electron chi connectivity index (χ1n) is 3.93. The molecule has 0 bridgehead atoms. The topological polar surface area (TPSA) is 50.2 Å². The van der Waals surface area contributed by atoms with E-state index in [0.29, 0.717) is 0 Å². The predicted octanol–water partition coefficient (Wildman–Crippen LogP) is 3.39. The first-order valence-corrected chi connectivity index (χ1v) is 4.31. The van der Waals surface area contributed by atoms with Gasteiger partial charge in [-0.3, -0.25) is 0 Å². The van der Waals surface area contributed by atoms with E-state index in [-0.39, 0.29) is 6.07 Å². The van der Waals surface area contributed by atoms with E-state index in [2.05, 4.69) is 4.98 Å². The lowest BCUT2D eigenvalue weighted by Crippen LogP contribution is -2.14. The van der Waals surface area contributed by atoms with E-state index in [1.165, 1.54) is 0 Å². The SMILES string of the molecule is O=C(O)c1cc(C(F)(F)F)c(C(F)F)nc1Cl. The average molecular weight is 276 g/mol.